The summed E-state index contributed by atoms with van der Waals surface area (Å²) >= 11 is 5.89. The molecule has 0 aliphatic carbocycles. The minimum Gasteiger partial charge on any atom is -0.451 e. The minimum absolute atomic E-state index is 0.189. The molecule has 0 radical (unpaired) electrons. The van der Waals surface area contributed by atoms with Gasteiger partial charge in [0.2, 0.25) is 0 Å². The maximum atomic E-state index is 13.8. The van der Waals surface area contributed by atoms with E-state index in [1.807, 2.05) is 0 Å². The SMILES string of the molecule is O=c1cc(Cl)n(Cc2cc(F)c(F)cc2F)c(=O)n1Cc1cocn1. The standard InChI is InChI=1S/C15H9ClF3N3O3/c16-13-3-14(23)22(5-9-6-25-7-20-9)15(24)21(13)4-8-1-11(18)12(19)2-10(8)17/h1-3,6-7H,4-5H2. The molecular weight excluding hydrogens is 363 g/mol. The molecule has 3 rings (SSSR count). The summed E-state index contributed by atoms with van der Waals surface area (Å²) in [6, 6.07) is 1.95. The molecule has 0 spiro atoms. The second kappa shape index (κ2) is 6.60. The largest absolute Gasteiger partial charge is 0.451 e. The number of hydrogen-bond acceptors (Lipinski definition) is 4. The van der Waals surface area contributed by atoms with Crippen LogP contribution in [0, 0.1) is 17.5 Å². The normalized spacial score (nSPS) is 11.0. The van der Waals surface area contributed by atoms with Gasteiger partial charge in [0.25, 0.3) is 5.56 Å². The molecule has 1 aromatic carbocycles. The predicted molar refractivity (Wildman–Crippen MR) is 81.0 cm³/mol. The highest BCUT2D eigenvalue weighted by Crippen LogP contribution is 2.16. The average Bonchev–Trinajstić information content (AvgIpc) is 3.05. The van der Waals surface area contributed by atoms with Crippen LogP contribution in [0.4, 0.5) is 13.2 Å². The van der Waals surface area contributed by atoms with Crippen LogP contribution in [-0.2, 0) is 13.1 Å². The van der Waals surface area contributed by atoms with E-state index >= 15 is 0 Å². The van der Waals surface area contributed by atoms with Gasteiger partial charge in [0.15, 0.2) is 18.0 Å². The number of halogens is 4. The summed E-state index contributed by atoms with van der Waals surface area (Å²) in [5.74, 6) is -3.66. The molecule has 0 aliphatic heterocycles. The molecule has 0 bridgehead atoms. The van der Waals surface area contributed by atoms with Gasteiger partial charge in [0.1, 0.15) is 17.2 Å². The lowest BCUT2D eigenvalue weighted by Gasteiger charge is -2.12. The van der Waals surface area contributed by atoms with E-state index in [9.17, 15) is 22.8 Å². The lowest BCUT2D eigenvalue weighted by atomic mass is 10.2. The minimum atomic E-state index is -1.35. The van der Waals surface area contributed by atoms with Crippen LogP contribution in [0.25, 0.3) is 0 Å². The lowest BCUT2D eigenvalue weighted by molar-refractivity contribution is 0.486. The van der Waals surface area contributed by atoms with Crippen molar-refractivity contribution >= 4 is 11.6 Å². The summed E-state index contributed by atoms with van der Waals surface area (Å²) in [5, 5.41) is -0.268. The Hall–Kier alpha value is -2.81. The zero-order valence-electron chi connectivity index (χ0n) is 12.4. The van der Waals surface area contributed by atoms with Crippen molar-refractivity contribution in [3.05, 3.63) is 85.6 Å². The first-order chi connectivity index (χ1) is 11.9. The molecule has 0 fully saturated rings. The Morgan fingerprint density at radius 2 is 1.72 bits per heavy atom. The maximum absolute atomic E-state index is 13.8. The van der Waals surface area contributed by atoms with Gasteiger partial charge in [-0.25, -0.2) is 22.9 Å². The first-order valence-corrected chi connectivity index (χ1v) is 7.25. The van der Waals surface area contributed by atoms with Crippen molar-refractivity contribution in [1.82, 2.24) is 14.1 Å². The molecule has 6 nitrogen and oxygen atoms in total. The maximum Gasteiger partial charge on any atom is 0.332 e. The number of rotatable bonds is 4. The Kier molecular flexibility index (Phi) is 4.49. The molecule has 0 saturated carbocycles. The quantitative estimate of drug-likeness (QED) is 0.520. The molecule has 2 aromatic heterocycles. The van der Waals surface area contributed by atoms with Gasteiger partial charge in [-0.1, -0.05) is 11.6 Å². The fourth-order valence-corrected chi connectivity index (χ4v) is 2.44. The van der Waals surface area contributed by atoms with Crippen LogP contribution in [0.5, 0.6) is 0 Å². The Balaban J connectivity index is 2.06. The molecule has 0 atom stereocenters. The van der Waals surface area contributed by atoms with E-state index in [0.717, 1.165) is 21.6 Å². The summed E-state index contributed by atoms with van der Waals surface area (Å²) in [4.78, 5) is 28.3. The van der Waals surface area contributed by atoms with Crippen LogP contribution in [0.15, 0.2) is 44.9 Å². The van der Waals surface area contributed by atoms with E-state index < -0.39 is 35.2 Å². The van der Waals surface area contributed by atoms with E-state index in [-0.39, 0.29) is 17.3 Å². The molecule has 3 aromatic rings. The van der Waals surface area contributed by atoms with Gasteiger partial charge >= 0.3 is 5.69 Å². The van der Waals surface area contributed by atoms with Crippen LogP contribution >= 0.6 is 11.6 Å². The Labute approximate surface area is 142 Å². The number of oxazole rings is 1. The van der Waals surface area contributed by atoms with Crippen molar-refractivity contribution < 1.29 is 17.6 Å². The highest BCUT2D eigenvalue weighted by molar-refractivity contribution is 6.29. The van der Waals surface area contributed by atoms with Crippen molar-refractivity contribution in [2.24, 2.45) is 0 Å². The third-order valence-corrected chi connectivity index (χ3v) is 3.76. The van der Waals surface area contributed by atoms with Gasteiger partial charge < -0.3 is 4.42 Å². The number of benzene rings is 1. The fourth-order valence-electron chi connectivity index (χ4n) is 2.21. The Morgan fingerprint density at radius 3 is 2.40 bits per heavy atom. The lowest BCUT2D eigenvalue weighted by Crippen LogP contribution is -2.40. The zero-order chi connectivity index (χ0) is 18.1. The van der Waals surface area contributed by atoms with Crippen molar-refractivity contribution in [3.8, 4) is 0 Å². The Morgan fingerprint density at radius 1 is 1.00 bits per heavy atom. The van der Waals surface area contributed by atoms with Gasteiger partial charge in [-0.15, -0.1) is 0 Å². The Bertz CT molecular complexity index is 1040. The number of nitrogens with zero attached hydrogens (tertiary/aromatic N) is 3. The number of aromatic nitrogens is 3. The van der Waals surface area contributed by atoms with Crippen molar-refractivity contribution in [2.45, 2.75) is 13.1 Å². The van der Waals surface area contributed by atoms with Gasteiger partial charge in [0, 0.05) is 17.7 Å². The topological polar surface area (TPSA) is 70.0 Å². The van der Waals surface area contributed by atoms with Gasteiger partial charge in [0.05, 0.1) is 18.8 Å². The summed E-state index contributed by atoms with van der Waals surface area (Å²) in [6.07, 6.45) is 2.38. The van der Waals surface area contributed by atoms with Crippen LogP contribution in [0.3, 0.4) is 0 Å². The fraction of sp³-hybridized carbons (Fsp3) is 0.133. The molecule has 0 saturated heterocycles. The summed E-state index contributed by atoms with van der Waals surface area (Å²) in [6.45, 7) is -0.675. The first kappa shape index (κ1) is 17.0. The smallest absolute Gasteiger partial charge is 0.332 e. The van der Waals surface area contributed by atoms with E-state index in [2.05, 4.69) is 4.98 Å². The molecule has 2 heterocycles. The number of hydrogen-bond donors (Lipinski definition) is 0. The van der Waals surface area contributed by atoms with Gasteiger partial charge in [-0.05, 0) is 6.07 Å². The zero-order valence-corrected chi connectivity index (χ0v) is 13.1. The predicted octanol–water partition coefficient (Wildman–Crippen LogP) is 2.17. The average molecular weight is 372 g/mol. The van der Waals surface area contributed by atoms with E-state index in [1.165, 1.54) is 6.26 Å². The van der Waals surface area contributed by atoms with Gasteiger partial charge in [-0.3, -0.25) is 13.9 Å². The van der Waals surface area contributed by atoms with Crippen LogP contribution in [0.2, 0.25) is 5.15 Å². The monoisotopic (exact) mass is 371 g/mol. The summed E-state index contributed by atoms with van der Waals surface area (Å²) in [5.41, 5.74) is -1.54. The molecule has 0 aliphatic rings. The van der Waals surface area contributed by atoms with Crippen LogP contribution in [0.1, 0.15) is 11.3 Å². The molecule has 0 N–H and O–H groups in total. The second-order valence-electron chi connectivity index (χ2n) is 5.10. The van der Waals surface area contributed by atoms with Crippen LogP contribution in [-0.4, -0.2) is 14.1 Å². The van der Waals surface area contributed by atoms with Crippen LogP contribution < -0.4 is 11.2 Å². The van der Waals surface area contributed by atoms with Crippen molar-refractivity contribution in [3.63, 3.8) is 0 Å². The molecule has 0 amide bonds. The van der Waals surface area contributed by atoms with E-state index in [4.69, 9.17) is 16.0 Å². The first-order valence-electron chi connectivity index (χ1n) is 6.87. The summed E-state index contributed by atoms with van der Waals surface area (Å²) < 4.78 is 46.6. The third kappa shape index (κ3) is 3.36. The molecule has 25 heavy (non-hydrogen) atoms. The molecular formula is C15H9ClF3N3O3. The third-order valence-electron chi connectivity index (χ3n) is 3.45. The molecule has 0 unspecified atom stereocenters. The molecule has 10 heteroatoms. The van der Waals surface area contributed by atoms with Gasteiger partial charge in [-0.2, -0.15) is 0 Å². The van der Waals surface area contributed by atoms with E-state index in [0.29, 0.717) is 17.8 Å². The molecule has 130 valence electrons. The second-order valence-corrected chi connectivity index (χ2v) is 5.48. The highest BCUT2D eigenvalue weighted by Gasteiger charge is 2.15. The van der Waals surface area contributed by atoms with Crippen molar-refractivity contribution in [2.75, 3.05) is 0 Å². The van der Waals surface area contributed by atoms with E-state index in [1.54, 1.807) is 0 Å². The summed E-state index contributed by atoms with van der Waals surface area (Å²) in [7, 11) is 0. The van der Waals surface area contributed by atoms with Crippen molar-refractivity contribution in [1.29, 1.82) is 0 Å². The highest BCUT2D eigenvalue weighted by atomic mass is 35.5.